The summed E-state index contributed by atoms with van der Waals surface area (Å²) in [4.78, 5) is 24.0. The number of carbonyl (C=O) groups excluding carboxylic acids is 2. The average molecular weight is 368 g/mol. The van der Waals surface area contributed by atoms with Gasteiger partial charge >= 0.3 is 5.97 Å². The van der Waals surface area contributed by atoms with Gasteiger partial charge in [-0.2, -0.15) is 0 Å². The molecule has 0 saturated carbocycles. The molecule has 2 rings (SSSR count). The van der Waals surface area contributed by atoms with Crippen molar-refractivity contribution in [2.45, 2.75) is 19.1 Å². The smallest absolute Gasteiger partial charge is 0.340 e. The van der Waals surface area contributed by atoms with Gasteiger partial charge in [0.05, 0.1) is 10.7 Å². The zero-order valence-corrected chi connectivity index (χ0v) is 14.2. The second kappa shape index (κ2) is 8.15. The van der Waals surface area contributed by atoms with Crippen LogP contribution < -0.4 is 5.32 Å². The molecule has 0 bridgehead atoms. The van der Waals surface area contributed by atoms with Crippen molar-refractivity contribution in [3.8, 4) is 0 Å². The van der Waals surface area contributed by atoms with E-state index in [9.17, 15) is 14.7 Å². The fourth-order valence-corrected chi connectivity index (χ4v) is 2.23. The van der Waals surface area contributed by atoms with Gasteiger partial charge in [-0.15, -0.1) is 0 Å². The van der Waals surface area contributed by atoms with Crippen LogP contribution >= 0.6 is 23.2 Å². The molecule has 126 valence electrons. The number of aliphatic hydroxyl groups is 1. The molecular weight excluding hydrogens is 353 g/mol. The van der Waals surface area contributed by atoms with E-state index >= 15 is 0 Å². The standard InChI is InChI=1S/C17H15Cl2NO4/c1-10(16(22)20-14-9-12(18)7-8-13(14)19)24-17(23)15(21)11-5-3-2-4-6-11/h2-10,15,21H,1H3,(H,20,22)/t10-,15+/m1/s1. The fraction of sp³-hybridized carbons (Fsp3) is 0.176. The van der Waals surface area contributed by atoms with E-state index in [0.29, 0.717) is 21.3 Å². The maximum absolute atomic E-state index is 12.1. The lowest BCUT2D eigenvalue weighted by molar-refractivity contribution is -0.162. The molecule has 0 aliphatic rings. The first-order valence-corrected chi connectivity index (χ1v) is 7.83. The van der Waals surface area contributed by atoms with Crippen LogP contribution in [-0.4, -0.2) is 23.1 Å². The van der Waals surface area contributed by atoms with Crippen molar-refractivity contribution in [3.63, 3.8) is 0 Å². The molecule has 2 aromatic carbocycles. The van der Waals surface area contributed by atoms with Crippen LogP contribution in [0.3, 0.4) is 0 Å². The van der Waals surface area contributed by atoms with E-state index in [1.165, 1.54) is 19.1 Å². The van der Waals surface area contributed by atoms with E-state index in [4.69, 9.17) is 27.9 Å². The number of ether oxygens (including phenoxy) is 1. The van der Waals surface area contributed by atoms with Crippen molar-refractivity contribution in [2.75, 3.05) is 5.32 Å². The van der Waals surface area contributed by atoms with Crippen LogP contribution in [0.25, 0.3) is 0 Å². The highest BCUT2D eigenvalue weighted by atomic mass is 35.5. The van der Waals surface area contributed by atoms with Crippen LogP contribution in [0.15, 0.2) is 48.5 Å². The summed E-state index contributed by atoms with van der Waals surface area (Å²) in [5, 5.41) is 13.2. The summed E-state index contributed by atoms with van der Waals surface area (Å²) in [6, 6.07) is 12.9. The molecule has 5 nitrogen and oxygen atoms in total. The van der Waals surface area contributed by atoms with Gasteiger partial charge in [-0.1, -0.05) is 53.5 Å². The first-order chi connectivity index (χ1) is 11.4. The van der Waals surface area contributed by atoms with E-state index in [-0.39, 0.29) is 0 Å². The molecule has 0 aliphatic heterocycles. The van der Waals surface area contributed by atoms with Gasteiger partial charge in [0.25, 0.3) is 5.91 Å². The van der Waals surface area contributed by atoms with Gasteiger partial charge in [0.1, 0.15) is 0 Å². The third-order valence-corrected chi connectivity index (χ3v) is 3.75. The number of anilines is 1. The molecular formula is C17H15Cl2NO4. The molecule has 0 radical (unpaired) electrons. The van der Waals surface area contributed by atoms with Crippen molar-refractivity contribution in [1.29, 1.82) is 0 Å². The highest BCUT2D eigenvalue weighted by molar-refractivity contribution is 6.35. The summed E-state index contributed by atoms with van der Waals surface area (Å²) >= 11 is 11.8. The zero-order chi connectivity index (χ0) is 17.7. The first kappa shape index (κ1) is 18.3. The predicted octanol–water partition coefficient (Wildman–Crippen LogP) is 3.60. The van der Waals surface area contributed by atoms with Gasteiger partial charge in [0.2, 0.25) is 0 Å². The molecule has 1 amide bonds. The minimum Gasteiger partial charge on any atom is -0.450 e. The first-order valence-electron chi connectivity index (χ1n) is 7.08. The highest BCUT2D eigenvalue weighted by Gasteiger charge is 2.24. The van der Waals surface area contributed by atoms with Gasteiger partial charge < -0.3 is 15.2 Å². The molecule has 2 N–H and O–H groups in total. The molecule has 0 fully saturated rings. The lowest BCUT2D eigenvalue weighted by Crippen LogP contribution is -2.31. The number of nitrogens with one attached hydrogen (secondary N) is 1. The Morgan fingerprint density at radius 3 is 2.46 bits per heavy atom. The van der Waals surface area contributed by atoms with Gasteiger partial charge in [-0.25, -0.2) is 4.79 Å². The monoisotopic (exact) mass is 367 g/mol. The molecule has 0 heterocycles. The quantitative estimate of drug-likeness (QED) is 0.791. The number of amides is 1. The Bertz CT molecular complexity index is 737. The number of benzene rings is 2. The minimum absolute atomic E-state index is 0.301. The van der Waals surface area contributed by atoms with Gasteiger partial charge in [-0.3, -0.25) is 4.79 Å². The number of aliphatic hydroxyl groups excluding tert-OH is 1. The van der Waals surface area contributed by atoms with Crippen LogP contribution in [0.2, 0.25) is 10.0 Å². The Hall–Kier alpha value is -2.08. The summed E-state index contributed by atoms with van der Waals surface area (Å²) in [6.45, 7) is 1.39. The highest BCUT2D eigenvalue weighted by Crippen LogP contribution is 2.25. The van der Waals surface area contributed by atoms with Gasteiger partial charge in [0, 0.05) is 5.02 Å². The molecule has 0 spiro atoms. The van der Waals surface area contributed by atoms with Crippen LogP contribution in [-0.2, 0) is 14.3 Å². The minimum atomic E-state index is -1.46. The lowest BCUT2D eigenvalue weighted by atomic mass is 10.1. The topological polar surface area (TPSA) is 75.6 Å². The number of hydrogen-bond donors (Lipinski definition) is 2. The summed E-state index contributed by atoms with van der Waals surface area (Å²) in [5.41, 5.74) is 0.689. The van der Waals surface area contributed by atoms with E-state index < -0.39 is 24.1 Å². The molecule has 0 aliphatic carbocycles. The number of halogens is 2. The van der Waals surface area contributed by atoms with E-state index in [2.05, 4.69) is 5.32 Å². The maximum Gasteiger partial charge on any atom is 0.340 e. The van der Waals surface area contributed by atoms with Crippen molar-refractivity contribution in [1.82, 2.24) is 0 Å². The van der Waals surface area contributed by atoms with Gasteiger partial charge in [0.15, 0.2) is 12.2 Å². The van der Waals surface area contributed by atoms with Crippen molar-refractivity contribution < 1.29 is 19.4 Å². The van der Waals surface area contributed by atoms with E-state index in [1.54, 1.807) is 36.4 Å². The Morgan fingerprint density at radius 2 is 1.79 bits per heavy atom. The molecule has 24 heavy (non-hydrogen) atoms. The second-order valence-electron chi connectivity index (χ2n) is 5.01. The second-order valence-corrected chi connectivity index (χ2v) is 5.85. The number of esters is 1. The maximum atomic E-state index is 12.1. The number of rotatable bonds is 5. The molecule has 0 aromatic heterocycles. The van der Waals surface area contributed by atoms with Crippen molar-refractivity contribution in [3.05, 3.63) is 64.1 Å². The molecule has 0 saturated heterocycles. The Balaban J connectivity index is 1.98. The van der Waals surface area contributed by atoms with E-state index in [1.807, 2.05) is 0 Å². The summed E-state index contributed by atoms with van der Waals surface area (Å²) in [6.07, 6.45) is -2.58. The van der Waals surface area contributed by atoms with E-state index in [0.717, 1.165) is 0 Å². The predicted molar refractivity (Wildman–Crippen MR) is 92.0 cm³/mol. The van der Waals surface area contributed by atoms with Crippen LogP contribution in [0, 0.1) is 0 Å². The average Bonchev–Trinajstić information content (AvgIpc) is 2.58. The molecule has 2 atom stereocenters. The summed E-state index contributed by atoms with van der Waals surface area (Å²) < 4.78 is 4.99. The third-order valence-electron chi connectivity index (χ3n) is 3.19. The third kappa shape index (κ3) is 4.71. The van der Waals surface area contributed by atoms with Crippen LogP contribution in [0.5, 0.6) is 0 Å². The Labute approximate surface area is 149 Å². The molecule has 2 aromatic rings. The lowest BCUT2D eigenvalue weighted by Gasteiger charge is -2.16. The Morgan fingerprint density at radius 1 is 1.12 bits per heavy atom. The fourth-order valence-electron chi connectivity index (χ4n) is 1.89. The van der Waals surface area contributed by atoms with Gasteiger partial charge in [-0.05, 0) is 30.7 Å². The SMILES string of the molecule is C[C@@H](OC(=O)[C@@H](O)c1ccccc1)C(=O)Nc1cc(Cl)ccc1Cl. The largest absolute Gasteiger partial charge is 0.450 e. The van der Waals surface area contributed by atoms with Crippen LogP contribution in [0.1, 0.15) is 18.6 Å². The zero-order valence-electron chi connectivity index (χ0n) is 12.7. The summed E-state index contributed by atoms with van der Waals surface area (Å²) in [5.74, 6) is -1.51. The summed E-state index contributed by atoms with van der Waals surface area (Å²) in [7, 11) is 0. The van der Waals surface area contributed by atoms with Crippen molar-refractivity contribution >= 4 is 40.8 Å². The normalized spacial score (nSPS) is 13.0. The Kier molecular flexibility index (Phi) is 6.20. The number of carbonyl (C=O) groups is 2. The molecule has 0 unspecified atom stereocenters. The number of hydrogen-bond acceptors (Lipinski definition) is 4. The molecule has 7 heteroatoms. The van der Waals surface area contributed by atoms with Crippen molar-refractivity contribution in [2.24, 2.45) is 0 Å². The van der Waals surface area contributed by atoms with Crippen LogP contribution in [0.4, 0.5) is 5.69 Å².